The van der Waals surface area contributed by atoms with E-state index in [0.717, 1.165) is 5.56 Å². The van der Waals surface area contributed by atoms with Crippen molar-refractivity contribution in [3.05, 3.63) is 29.8 Å². The monoisotopic (exact) mass is 272 g/mol. The fourth-order valence-corrected chi connectivity index (χ4v) is 3.18. The second-order valence-electron chi connectivity index (χ2n) is 4.12. The lowest BCUT2D eigenvalue weighted by molar-refractivity contribution is 0.180. The first-order valence-electron chi connectivity index (χ1n) is 5.75. The highest BCUT2D eigenvalue weighted by Crippen LogP contribution is 2.15. The number of nitrogens with one attached hydrogen (secondary N) is 2. The van der Waals surface area contributed by atoms with Gasteiger partial charge in [-0.05, 0) is 25.6 Å². The van der Waals surface area contributed by atoms with Gasteiger partial charge in [0.05, 0.1) is 11.5 Å². The van der Waals surface area contributed by atoms with Crippen molar-refractivity contribution in [3.63, 3.8) is 0 Å². The smallest absolute Gasteiger partial charge is 0.241 e. The molecule has 0 saturated carbocycles. The summed E-state index contributed by atoms with van der Waals surface area (Å²) in [5.74, 6) is 0. The van der Waals surface area contributed by atoms with Gasteiger partial charge in [0.2, 0.25) is 10.0 Å². The fourth-order valence-electron chi connectivity index (χ4n) is 1.71. The van der Waals surface area contributed by atoms with E-state index in [0.29, 0.717) is 18.0 Å². The van der Waals surface area contributed by atoms with Gasteiger partial charge in [0.1, 0.15) is 0 Å². The number of ether oxygens (including phenoxy) is 1. The summed E-state index contributed by atoms with van der Waals surface area (Å²) >= 11 is 0. The van der Waals surface area contributed by atoms with E-state index in [4.69, 9.17) is 4.74 Å². The van der Waals surface area contributed by atoms with Gasteiger partial charge in [-0.25, -0.2) is 13.1 Å². The minimum Gasteiger partial charge on any atom is -0.383 e. The molecule has 2 N–H and O–H groups in total. The van der Waals surface area contributed by atoms with E-state index < -0.39 is 10.0 Å². The molecule has 1 unspecified atom stereocenters. The van der Waals surface area contributed by atoms with Crippen molar-refractivity contribution in [2.24, 2.45) is 0 Å². The standard InChI is InChI=1S/C12H20N2O3S/c1-10(9-17-3)14-18(15,16)12-7-5-4-6-11(12)8-13-2/h4-7,10,13-14H,8-9H2,1-3H3. The minimum absolute atomic E-state index is 0.261. The van der Waals surface area contributed by atoms with E-state index in [1.807, 2.05) is 6.07 Å². The van der Waals surface area contributed by atoms with Crippen LogP contribution in [-0.2, 0) is 21.3 Å². The number of hydrogen-bond acceptors (Lipinski definition) is 4. The third-order valence-corrected chi connectivity index (χ3v) is 4.09. The average Bonchev–Trinajstić information content (AvgIpc) is 2.29. The lowest BCUT2D eigenvalue weighted by Gasteiger charge is -2.15. The molecule has 0 aliphatic rings. The summed E-state index contributed by atoms with van der Waals surface area (Å²) in [6, 6.07) is 6.68. The topological polar surface area (TPSA) is 67.4 Å². The highest BCUT2D eigenvalue weighted by Gasteiger charge is 2.19. The van der Waals surface area contributed by atoms with Crippen molar-refractivity contribution in [3.8, 4) is 0 Å². The molecule has 1 aromatic rings. The van der Waals surface area contributed by atoms with Gasteiger partial charge in [0, 0.05) is 19.7 Å². The Hall–Kier alpha value is -0.950. The van der Waals surface area contributed by atoms with Crippen LogP contribution in [0.2, 0.25) is 0 Å². The van der Waals surface area contributed by atoms with Crippen LogP contribution in [0.4, 0.5) is 0 Å². The SMILES string of the molecule is CNCc1ccccc1S(=O)(=O)NC(C)COC. The molecule has 1 rings (SSSR count). The van der Waals surface area contributed by atoms with Gasteiger partial charge in [-0.2, -0.15) is 0 Å². The Balaban J connectivity index is 2.97. The molecule has 6 heteroatoms. The largest absolute Gasteiger partial charge is 0.383 e. The molecule has 0 radical (unpaired) electrons. The number of hydrogen-bond donors (Lipinski definition) is 2. The van der Waals surface area contributed by atoms with Crippen LogP contribution in [0.5, 0.6) is 0 Å². The molecule has 5 nitrogen and oxygen atoms in total. The molecule has 0 heterocycles. The first kappa shape index (κ1) is 15.1. The Kier molecular flexibility index (Phi) is 5.74. The van der Waals surface area contributed by atoms with Gasteiger partial charge in [0.15, 0.2) is 0 Å². The normalized spacial score (nSPS) is 13.5. The van der Waals surface area contributed by atoms with Crippen LogP contribution >= 0.6 is 0 Å². The quantitative estimate of drug-likeness (QED) is 0.767. The maximum Gasteiger partial charge on any atom is 0.241 e. The molecular formula is C12H20N2O3S. The second-order valence-corrected chi connectivity index (χ2v) is 5.80. The van der Waals surface area contributed by atoms with Gasteiger partial charge in [0.25, 0.3) is 0 Å². The third-order valence-electron chi connectivity index (χ3n) is 2.40. The zero-order chi connectivity index (χ0) is 13.6. The first-order valence-corrected chi connectivity index (χ1v) is 7.23. The van der Waals surface area contributed by atoms with Crippen LogP contribution in [0.3, 0.4) is 0 Å². The predicted molar refractivity (Wildman–Crippen MR) is 70.9 cm³/mol. The molecule has 1 aromatic carbocycles. The second kappa shape index (κ2) is 6.84. The van der Waals surface area contributed by atoms with Crippen LogP contribution in [-0.4, -0.2) is 35.2 Å². The summed E-state index contributed by atoms with van der Waals surface area (Å²) in [6.45, 7) is 2.62. The number of benzene rings is 1. The highest BCUT2D eigenvalue weighted by molar-refractivity contribution is 7.89. The zero-order valence-corrected chi connectivity index (χ0v) is 11.8. The molecule has 0 amide bonds. The van der Waals surface area contributed by atoms with E-state index in [1.165, 1.54) is 0 Å². The van der Waals surface area contributed by atoms with Crippen molar-refractivity contribution in [2.75, 3.05) is 20.8 Å². The minimum atomic E-state index is -3.50. The number of rotatable bonds is 7. The van der Waals surface area contributed by atoms with Gasteiger partial charge < -0.3 is 10.1 Å². The molecule has 1 atom stereocenters. The van der Waals surface area contributed by atoms with Crippen LogP contribution in [0, 0.1) is 0 Å². The van der Waals surface area contributed by atoms with Crippen LogP contribution in [0.1, 0.15) is 12.5 Å². The molecular weight excluding hydrogens is 252 g/mol. The molecule has 0 spiro atoms. The first-order chi connectivity index (χ1) is 8.51. The Labute approximate surface area is 109 Å². The molecule has 0 bridgehead atoms. The van der Waals surface area contributed by atoms with Crippen LogP contribution in [0.25, 0.3) is 0 Å². The van der Waals surface area contributed by atoms with Gasteiger partial charge >= 0.3 is 0 Å². The Bertz CT molecular complexity index is 474. The van der Waals surface area contributed by atoms with Crippen molar-refractivity contribution in [1.29, 1.82) is 0 Å². The summed E-state index contributed by atoms with van der Waals surface area (Å²) in [5, 5.41) is 2.96. The molecule has 0 saturated heterocycles. The van der Waals surface area contributed by atoms with E-state index in [1.54, 1.807) is 39.3 Å². The summed E-state index contributed by atoms with van der Waals surface area (Å²) < 4.78 is 32.0. The van der Waals surface area contributed by atoms with Crippen molar-refractivity contribution < 1.29 is 13.2 Å². The van der Waals surface area contributed by atoms with Gasteiger partial charge in [-0.3, -0.25) is 0 Å². The molecule has 0 aromatic heterocycles. The van der Waals surface area contributed by atoms with Crippen molar-refractivity contribution in [1.82, 2.24) is 10.0 Å². The van der Waals surface area contributed by atoms with E-state index >= 15 is 0 Å². The zero-order valence-electron chi connectivity index (χ0n) is 10.9. The van der Waals surface area contributed by atoms with Crippen LogP contribution in [0.15, 0.2) is 29.2 Å². The van der Waals surface area contributed by atoms with Gasteiger partial charge in [-0.1, -0.05) is 18.2 Å². The summed E-state index contributed by atoms with van der Waals surface area (Å²) in [5.41, 5.74) is 0.747. The molecule has 0 aliphatic carbocycles. The lowest BCUT2D eigenvalue weighted by Crippen LogP contribution is -2.36. The molecule has 0 aliphatic heterocycles. The number of sulfonamides is 1. The van der Waals surface area contributed by atoms with E-state index in [-0.39, 0.29) is 6.04 Å². The summed E-state index contributed by atoms with van der Waals surface area (Å²) in [7, 11) is -0.181. The Morgan fingerprint density at radius 3 is 2.61 bits per heavy atom. The Morgan fingerprint density at radius 2 is 2.00 bits per heavy atom. The highest BCUT2D eigenvalue weighted by atomic mass is 32.2. The third kappa shape index (κ3) is 4.06. The lowest BCUT2D eigenvalue weighted by atomic mass is 10.2. The van der Waals surface area contributed by atoms with E-state index in [2.05, 4.69) is 10.0 Å². The van der Waals surface area contributed by atoms with Gasteiger partial charge in [-0.15, -0.1) is 0 Å². The van der Waals surface area contributed by atoms with Crippen LogP contribution < -0.4 is 10.0 Å². The maximum atomic E-state index is 12.2. The summed E-state index contributed by atoms with van der Waals surface area (Å²) in [6.07, 6.45) is 0. The summed E-state index contributed by atoms with van der Waals surface area (Å²) in [4.78, 5) is 0.308. The average molecular weight is 272 g/mol. The molecule has 0 fully saturated rings. The van der Waals surface area contributed by atoms with Crippen molar-refractivity contribution in [2.45, 2.75) is 24.4 Å². The molecule has 102 valence electrons. The Morgan fingerprint density at radius 1 is 1.33 bits per heavy atom. The van der Waals surface area contributed by atoms with Crippen molar-refractivity contribution >= 4 is 10.0 Å². The molecule has 18 heavy (non-hydrogen) atoms. The fraction of sp³-hybridized carbons (Fsp3) is 0.500. The predicted octanol–water partition coefficient (Wildman–Crippen LogP) is 0.719. The van der Waals surface area contributed by atoms with E-state index in [9.17, 15) is 8.42 Å². The number of methoxy groups -OCH3 is 1. The maximum absolute atomic E-state index is 12.2.